The van der Waals surface area contributed by atoms with Gasteiger partial charge in [0.2, 0.25) is 6.29 Å². The summed E-state index contributed by atoms with van der Waals surface area (Å²) < 4.78 is 95.4. The lowest BCUT2D eigenvalue weighted by Gasteiger charge is -2.71. The van der Waals surface area contributed by atoms with Crippen LogP contribution in [0.25, 0.3) is 0 Å². The van der Waals surface area contributed by atoms with E-state index >= 15 is 4.79 Å². The van der Waals surface area contributed by atoms with Crippen LogP contribution in [-0.4, -0.2) is 375 Å². The predicted octanol–water partition coefficient (Wildman–Crippen LogP) is -6.13. The zero-order valence-electron chi connectivity index (χ0n) is 63.9. The number of hydrogen-bond donors (Lipinski definition) is 20. The molecule has 0 aromatic rings. The molecule has 0 unspecified atom stereocenters. The maximum atomic E-state index is 16.0. The van der Waals surface area contributed by atoms with Gasteiger partial charge in [0.15, 0.2) is 50.1 Å². The van der Waals surface area contributed by atoms with E-state index < -0.39 is 295 Å². The molecule has 111 heavy (non-hydrogen) atoms. The van der Waals surface area contributed by atoms with Crippen molar-refractivity contribution in [2.45, 2.75) is 354 Å². The Morgan fingerprint density at radius 2 is 0.874 bits per heavy atom. The lowest BCUT2D eigenvalue weighted by atomic mass is 9.33. The summed E-state index contributed by atoms with van der Waals surface area (Å²) in [7, 11) is 0. The topological polar surface area (TPSA) is 569 Å². The molecule has 0 aromatic carbocycles. The van der Waals surface area contributed by atoms with Gasteiger partial charge in [0.1, 0.15) is 153 Å². The van der Waals surface area contributed by atoms with Gasteiger partial charge in [-0.25, -0.2) is 0 Å². The summed E-state index contributed by atoms with van der Waals surface area (Å²) >= 11 is 0. The molecule has 4 saturated carbocycles. The third kappa shape index (κ3) is 15.8. The molecule has 0 aromatic heterocycles. The van der Waals surface area contributed by atoms with Crippen molar-refractivity contribution in [3.63, 3.8) is 0 Å². The number of hydrogen-bond acceptors (Lipinski definition) is 37. The molecule has 0 radical (unpaired) electrons. The summed E-state index contributed by atoms with van der Waals surface area (Å²) in [5.41, 5.74) is -2.12. The van der Waals surface area contributed by atoms with E-state index in [1.54, 1.807) is 0 Å². The second kappa shape index (κ2) is 33.1. The third-order valence-corrected chi connectivity index (χ3v) is 28.2. The van der Waals surface area contributed by atoms with Crippen molar-refractivity contribution in [3.05, 3.63) is 11.6 Å². The lowest BCUT2D eigenvalue weighted by Crippen LogP contribution is -2.67. The van der Waals surface area contributed by atoms with E-state index in [2.05, 4.69) is 54.5 Å². The van der Waals surface area contributed by atoms with Crippen LogP contribution in [0.4, 0.5) is 0 Å². The van der Waals surface area contributed by atoms with E-state index in [-0.39, 0.29) is 28.1 Å². The van der Waals surface area contributed by atoms with Crippen molar-refractivity contribution in [3.8, 4) is 0 Å². The van der Waals surface area contributed by atoms with E-state index in [0.29, 0.717) is 51.4 Å². The van der Waals surface area contributed by atoms with Gasteiger partial charge in [0.25, 0.3) is 0 Å². The normalized spacial score (nSPS) is 54.8. The minimum absolute atomic E-state index is 0.0310. The minimum atomic E-state index is -2.07. The number of carbonyl (C=O) groups excluding carboxylic acids is 1. The number of allylic oxidation sites excluding steroid dienone is 2. The molecule has 8 aliphatic heterocycles. The van der Waals surface area contributed by atoms with Gasteiger partial charge in [-0.3, -0.25) is 4.79 Å². The van der Waals surface area contributed by atoms with Crippen LogP contribution < -0.4 is 0 Å². The van der Waals surface area contributed by atoms with Crippen LogP contribution in [0.3, 0.4) is 0 Å². The predicted molar refractivity (Wildman–Crippen MR) is 366 cm³/mol. The maximum Gasteiger partial charge on any atom is 0.315 e. The van der Waals surface area contributed by atoms with Crippen molar-refractivity contribution >= 4 is 5.97 Å². The van der Waals surface area contributed by atoms with Crippen molar-refractivity contribution in [1.29, 1.82) is 0 Å². The van der Waals surface area contributed by atoms with Crippen LogP contribution in [0.2, 0.25) is 0 Å². The molecule has 12 fully saturated rings. The Morgan fingerprint density at radius 1 is 0.405 bits per heavy atom. The molecule has 8 saturated heterocycles. The van der Waals surface area contributed by atoms with E-state index in [1.165, 1.54) is 13.8 Å². The second-order valence-corrected chi connectivity index (χ2v) is 35.8. The largest absolute Gasteiger partial charge is 0.432 e. The van der Waals surface area contributed by atoms with Gasteiger partial charge in [-0.15, -0.1) is 0 Å². The summed E-state index contributed by atoms with van der Waals surface area (Å²) in [5, 5.41) is 220. The van der Waals surface area contributed by atoms with E-state index in [4.69, 9.17) is 75.8 Å². The first-order valence-electron chi connectivity index (χ1n) is 39.2. The summed E-state index contributed by atoms with van der Waals surface area (Å²) in [6.07, 6.45) is -52.2. The smallest absolute Gasteiger partial charge is 0.315 e. The number of ether oxygens (including phenoxy) is 16. The van der Waals surface area contributed by atoms with Gasteiger partial charge in [-0.1, -0.05) is 60.1 Å². The first kappa shape index (κ1) is 86.7. The monoisotopic (exact) mass is 1600 g/mol. The molecule has 44 atom stereocenters. The number of fused-ring (bicyclic) bond motifs is 7. The number of carbonyl (C=O) groups is 1. The van der Waals surface area contributed by atoms with Gasteiger partial charge in [-0.05, 0) is 123 Å². The molecule has 0 amide bonds. The van der Waals surface area contributed by atoms with Crippen LogP contribution in [0.1, 0.15) is 127 Å². The summed E-state index contributed by atoms with van der Waals surface area (Å²) in [4.78, 5) is 16.0. The van der Waals surface area contributed by atoms with E-state index in [1.807, 2.05) is 0 Å². The molecule has 37 heteroatoms. The van der Waals surface area contributed by atoms with Crippen LogP contribution in [0.5, 0.6) is 0 Å². The van der Waals surface area contributed by atoms with Gasteiger partial charge in [0, 0.05) is 0 Å². The van der Waals surface area contributed by atoms with Crippen LogP contribution >= 0.6 is 0 Å². The van der Waals surface area contributed by atoms with Gasteiger partial charge >= 0.3 is 5.97 Å². The molecule has 638 valence electrons. The Labute approximate surface area is 641 Å². The Kier molecular flexibility index (Phi) is 25.8. The van der Waals surface area contributed by atoms with Crippen molar-refractivity contribution in [2.75, 3.05) is 39.6 Å². The highest BCUT2D eigenvalue weighted by atomic mass is 16.8. The fraction of sp³-hybridized carbons (Fsp3) is 0.959. The Balaban J connectivity index is 0.709. The SMILES string of the molecule is C[C@@H]1O[C@@H](OC[C@H]2O[C@@H](OC(=O)[C@]34CCC(C)(C)C[C@H]3C3=CC[C@@H]5[C@@]6(C)CC[C@H](O[C@@H]7O[C@H](CO[C@@H]8OC[C@H](O)[C@H](O)[C@H]8O[C@@H]8OC[C@@H](O)[C@H](O)[C@H]8O)[C@@H](O)[C@H](O)[C@H]7O)C(C)(C)[C@@H]6CC[C@@]5(C)[C@]3(C)CC4)[C@H](O[C@@H]3O[C@@H](C)[C@H](O[C@@H]4OC[C@@H](O)[C@H](O[C@@H]5OC[C@@H](O)[C@H](O)[C@H]5O)[C@H]4O)[C@@H](O)[C@H]3O)[C@@H](O)[C@@H]2O)[C@H](O)[C@H](O)[C@H]1O. The van der Waals surface area contributed by atoms with Gasteiger partial charge in [0.05, 0.1) is 63.4 Å². The second-order valence-electron chi connectivity index (χ2n) is 35.8. The fourth-order valence-corrected chi connectivity index (χ4v) is 21.0. The van der Waals surface area contributed by atoms with Crippen LogP contribution in [-0.2, 0) is 80.6 Å². The van der Waals surface area contributed by atoms with Crippen molar-refractivity contribution < 1.29 is 183 Å². The zero-order valence-corrected chi connectivity index (χ0v) is 63.9. The molecule has 13 rings (SSSR count). The highest BCUT2D eigenvalue weighted by molar-refractivity contribution is 5.79. The van der Waals surface area contributed by atoms with Gasteiger partial charge in [-0.2, -0.15) is 0 Å². The summed E-state index contributed by atoms with van der Waals surface area (Å²) in [6.45, 7) is 15.4. The number of aliphatic hydroxyl groups is 20. The molecule has 0 bridgehead atoms. The zero-order chi connectivity index (χ0) is 80.6. The molecule has 5 aliphatic carbocycles. The standard InChI is InChI=1S/C74H120O37/c1-27-40(79)46(85)52(91)60(102-27)100-25-36-45(84)48(87)59(110-64-54(93)49(88)56(28(2)103-64)107-63-55(94)57(34(78)24-98-63)108-61-50(89)41(80)31(75)21-96-61)67(105-36)111-68(95)74-18-16-69(3,4)20-30(74)29-10-11-38-71(7)14-13-39(70(5,6)37(71)12-15-73(38,9)72(29,8)17-19-74)106-65-53(92)47(86)44(83)35(104-65)26-101-66-58(43(82)33(77)23-99-66)109-62-51(90)42(81)32(76)22-97-62/h10,27-28,30-67,75-94H,11-26H2,1-9H3/t27-,28-,30-,31+,32+,33-,34+,35+,36+,37-,38+,39-,40-,41-,42-,43-,44+,45+,46+,47-,48-,49-,50+,51+,52+,53+,54+,55+,56-,57-,58+,59+,60+,61-,62-,63-,64-,65-,66-,67-,71-,72+,73+,74-/m0/s1. The Bertz CT molecular complexity index is 3180. The molecule has 0 spiro atoms. The highest BCUT2D eigenvalue weighted by Crippen LogP contribution is 2.76. The first-order valence-corrected chi connectivity index (χ1v) is 39.2. The van der Waals surface area contributed by atoms with Crippen molar-refractivity contribution in [1.82, 2.24) is 0 Å². The lowest BCUT2D eigenvalue weighted by molar-refractivity contribution is -0.381. The van der Waals surface area contributed by atoms with Crippen LogP contribution in [0.15, 0.2) is 11.6 Å². The average molecular weight is 1600 g/mol. The van der Waals surface area contributed by atoms with Crippen LogP contribution in [0, 0.1) is 50.2 Å². The van der Waals surface area contributed by atoms with Gasteiger partial charge < -0.3 is 178 Å². The first-order chi connectivity index (χ1) is 52.1. The molecular formula is C74H120O37. The quantitative estimate of drug-likeness (QED) is 0.0345. The molecule has 20 N–H and O–H groups in total. The summed E-state index contributed by atoms with van der Waals surface area (Å²) in [6, 6.07) is 0. The highest BCUT2D eigenvalue weighted by Gasteiger charge is 2.71. The summed E-state index contributed by atoms with van der Waals surface area (Å²) in [5.74, 6) is -0.989. The Morgan fingerprint density at radius 3 is 1.51 bits per heavy atom. The number of aliphatic hydroxyl groups excluding tert-OH is 20. The fourth-order valence-electron chi connectivity index (χ4n) is 21.0. The average Bonchev–Trinajstić information content (AvgIpc) is 0.674. The molecule has 13 aliphatic rings. The van der Waals surface area contributed by atoms with E-state index in [0.717, 1.165) is 18.4 Å². The van der Waals surface area contributed by atoms with E-state index in [9.17, 15) is 102 Å². The molecular weight excluding hydrogens is 1480 g/mol. The third-order valence-electron chi connectivity index (χ3n) is 28.2. The number of rotatable bonds is 18. The van der Waals surface area contributed by atoms with Crippen molar-refractivity contribution in [2.24, 2.45) is 50.2 Å². The maximum absolute atomic E-state index is 16.0. The molecule has 37 nitrogen and oxygen atoms in total. The minimum Gasteiger partial charge on any atom is -0.432 e. The number of esters is 1. The Hall–Kier alpha value is -2.19. The molecule has 8 heterocycles.